The van der Waals surface area contributed by atoms with Crippen molar-refractivity contribution in [3.8, 4) is 11.4 Å². The van der Waals surface area contributed by atoms with Crippen molar-refractivity contribution in [2.75, 3.05) is 20.2 Å². The number of nitrogens with zero attached hydrogens (tertiary/aromatic N) is 2. The van der Waals surface area contributed by atoms with Crippen LogP contribution in [0.1, 0.15) is 37.2 Å². The van der Waals surface area contributed by atoms with Gasteiger partial charge in [0.2, 0.25) is 0 Å². The molecule has 0 atom stereocenters. The Bertz CT molecular complexity index is 983. The summed E-state index contributed by atoms with van der Waals surface area (Å²) in [6.45, 7) is 6.52. The van der Waals surface area contributed by atoms with Gasteiger partial charge in [0.1, 0.15) is 11.4 Å². The number of likely N-dealkylation sites (tertiary alicyclic amines) is 1. The third kappa shape index (κ3) is 4.01. The van der Waals surface area contributed by atoms with Gasteiger partial charge in [-0.3, -0.25) is 4.79 Å². The van der Waals surface area contributed by atoms with E-state index in [0.29, 0.717) is 11.7 Å². The highest BCUT2D eigenvalue weighted by atomic mass is 16.5. The van der Waals surface area contributed by atoms with E-state index in [2.05, 4.69) is 30.1 Å². The van der Waals surface area contributed by atoms with E-state index >= 15 is 0 Å². The molecule has 5 nitrogen and oxygen atoms in total. The van der Waals surface area contributed by atoms with Crippen molar-refractivity contribution in [1.82, 2.24) is 14.8 Å². The van der Waals surface area contributed by atoms with E-state index in [1.54, 1.807) is 7.11 Å². The summed E-state index contributed by atoms with van der Waals surface area (Å²) < 4.78 is 7.32. The van der Waals surface area contributed by atoms with Crippen LogP contribution in [0, 0.1) is 0 Å². The van der Waals surface area contributed by atoms with Crippen molar-refractivity contribution in [3.05, 3.63) is 60.3 Å². The molecule has 1 amide bonds. The maximum absolute atomic E-state index is 13.2. The van der Waals surface area contributed by atoms with Gasteiger partial charge in [-0.15, -0.1) is 0 Å². The molecule has 2 heterocycles. The van der Waals surface area contributed by atoms with E-state index in [1.807, 2.05) is 53.1 Å². The minimum atomic E-state index is -0.0139. The number of amides is 1. The SMILES string of the molecule is COc1ccc(-n2c(C(=O)NC3CCN(C(C)C)CC3)cc3ccccc32)cc1. The molecule has 0 spiro atoms. The molecule has 0 unspecified atom stereocenters. The Kier molecular flexibility index (Phi) is 5.58. The highest BCUT2D eigenvalue weighted by Crippen LogP contribution is 2.26. The zero-order chi connectivity index (χ0) is 20.4. The molecule has 152 valence electrons. The Labute approximate surface area is 172 Å². The lowest BCUT2D eigenvalue weighted by Gasteiger charge is -2.34. The molecule has 1 saturated heterocycles. The lowest BCUT2D eigenvalue weighted by atomic mass is 10.0. The van der Waals surface area contributed by atoms with Crippen LogP contribution in [0.3, 0.4) is 0 Å². The van der Waals surface area contributed by atoms with Crippen LogP contribution in [0.25, 0.3) is 16.6 Å². The quantitative estimate of drug-likeness (QED) is 0.708. The normalized spacial score (nSPS) is 15.7. The lowest BCUT2D eigenvalue weighted by molar-refractivity contribution is 0.0894. The number of methoxy groups -OCH3 is 1. The number of ether oxygens (including phenoxy) is 1. The summed E-state index contributed by atoms with van der Waals surface area (Å²) in [6.07, 6.45) is 1.99. The van der Waals surface area contributed by atoms with Gasteiger partial charge in [-0.25, -0.2) is 0 Å². The van der Waals surface area contributed by atoms with E-state index in [4.69, 9.17) is 4.74 Å². The molecule has 0 saturated carbocycles. The maximum Gasteiger partial charge on any atom is 0.268 e. The van der Waals surface area contributed by atoms with Crippen LogP contribution in [0.5, 0.6) is 5.75 Å². The Morgan fingerprint density at radius 3 is 2.41 bits per heavy atom. The van der Waals surface area contributed by atoms with Gasteiger partial charge < -0.3 is 19.5 Å². The van der Waals surface area contributed by atoms with Gasteiger partial charge in [-0.05, 0) is 63.1 Å². The molecule has 0 bridgehead atoms. The summed E-state index contributed by atoms with van der Waals surface area (Å²) in [7, 11) is 1.66. The standard InChI is InChI=1S/C24H29N3O2/c1-17(2)26-14-12-19(13-15-26)25-24(28)23-16-18-6-4-5-7-22(18)27(23)20-8-10-21(29-3)11-9-20/h4-11,16-17,19H,12-15H2,1-3H3,(H,25,28). The van der Waals surface area contributed by atoms with Gasteiger partial charge >= 0.3 is 0 Å². The van der Waals surface area contributed by atoms with Crippen LogP contribution < -0.4 is 10.1 Å². The zero-order valence-corrected chi connectivity index (χ0v) is 17.4. The van der Waals surface area contributed by atoms with E-state index in [0.717, 1.165) is 48.3 Å². The first-order valence-corrected chi connectivity index (χ1v) is 10.4. The van der Waals surface area contributed by atoms with Crippen LogP contribution in [-0.2, 0) is 0 Å². The number of benzene rings is 2. The molecule has 1 aliphatic heterocycles. The third-order valence-electron chi connectivity index (χ3n) is 5.87. The van der Waals surface area contributed by atoms with Crippen molar-refractivity contribution in [2.45, 2.75) is 38.8 Å². The summed E-state index contributed by atoms with van der Waals surface area (Å²) in [5, 5.41) is 4.34. The minimum Gasteiger partial charge on any atom is -0.497 e. The number of carbonyl (C=O) groups excluding carboxylic acids is 1. The lowest BCUT2D eigenvalue weighted by Crippen LogP contribution is -2.46. The van der Waals surface area contributed by atoms with Crippen molar-refractivity contribution in [1.29, 1.82) is 0 Å². The molecule has 1 aliphatic rings. The first-order chi connectivity index (χ1) is 14.1. The second-order valence-corrected chi connectivity index (χ2v) is 8.00. The second kappa shape index (κ2) is 8.29. The largest absolute Gasteiger partial charge is 0.497 e. The van der Waals surface area contributed by atoms with Gasteiger partial charge in [0.25, 0.3) is 5.91 Å². The Morgan fingerprint density at radius 1 is 1.07 bits per heavy atom. The van der Waals surface area contributed by atoms with Crippen molar-refractivity contribution >= 4 is 16.8 Å². The number of nitrogens with one attached hydrogen (secondary N) is 1. The third-order valence-corrected chi connectivity index (χ3v) is 5.87. The molecule has 2 aromatic carbocycles. The van der Waals surface area contributed by atoms with Gasteiger partial charge in [-0.1, -0.05) is 18.2 Å². The average molecular weight is 392 g/mol. The number of fused-ring (bicyclic) bond motifs is 1. The molecular formula is C24H29N3O2. The van der Waals surface area contributed by atoms with Gasteiger partial charge in [0.15, 0.2) is 0 Å². The molecule has 4 rings (SSSR count). The summed E-state index contributed by atoms with van der Waals surface area (Å²) >= 11 is 0. The predicted molar refractivity (Wildman–Crippen MR) is 117 cm³/mol. The van der Waals surface area contributed by atoms with E-state index in [1.165, 1.54) is 0 Å². The molecule has 3 aromatic rings. The molecule has 1 N–H and O–H groups in total. The number of piperidine rings is 1. The van der Waals surface area contributed by atoms with Crippen LogP contribution in [-0.4, -0.2) is 47.7 Å². The Balaban J connectivity index is 1.62. The fourth-order valence-electron chi connectivity index (χ4n) is 4.15. The number of para-hydroxylation sites is 1. The monoisotopic (exact) mass is 391 g/mol. The average Bonchev–Trinajstić information content (AvgIpc) is 3.14. The molecule has 0 aliphatic carbocycles. The molecular weight excluding hydrogens is 362 g/mol. The molecule has 0 radical (unpaired) electrons. The fraction of sp³-hybridized carbons (Fsp3) is 0.375. The predicted octanol–water partition coefficient (Wildman–Crippen LogP) is 4.24. The van der Waals surface area contributed by atoms with E-state index < -0.39 is 0 Å². The first kappa shape index (κ1) is 19.5. The van der Waals surface area contributed by atoms with E-state index in [9.17, 15) is 4.79 Å². The number of aromatic nitrogens is 1. The summed E-state index contributed by atoms with van der Waals surface area (Å²) in [4.78, 5) is 15.7. The van der Waals surface area contributed by atoms with E-state index in [-0.39, 0.29) is 11.9 Å². The minimum absolute atomic E-state index is 0.0139. The number of hydrogen-bond acceptors (Lipinski definition) is 3. The summed E-state index contributed by atoms with van der Waals surface area (Å²) in [6, 6.07) is 18.7. The van der Waals surface area contributed by atoms with Crippen molar-refractivity contribution in [3.63, 3.8) is 0 Å². The van der Waals surface area contributed by atoms with Crippen LogP contribution in [0.4, 0.5) is 0 Å². The molecule has 1 aromatic heterocycles. The zero-order valence-electron chi connectivity index (χ0n) is 17.4. The summed E-state index contributed by atoms with van der Waals surface area (Å²) in [5.41, 5.74) is 2.65. The summed E-state index contributed by atoms with van der Waals surface area (Å²) in [5.74, 6) is 0.785. The van der Waals surface area contributed by atoms with Crippen molar-refractivity contribution in [2.24, 2.45) is 0 Å². The Hall–Kier alpha value is -2.79. The number of carbonyl (C=O) groups is 1. The van der Waals surface area contributed by atoms with Gasteiger partial charge in [-0.2, -0.15) is 0 Å². The highest BCUT2D eigenvalue weighted by Gasteiger charge is 2.24. The molecule has 1 fully saturated rings. The van der Waals surface area contributed by atoms with Crippen LogP contribution in [0.2, 0.25) is 0 Å². The second-order valence-electron chi connectivity index (χ2n) is 8.00. The van der Waals surface area contributed by atoms with Crippen LogP contribution >= 0.6 is 0 Å². The van der Waals surface area contributed by atoms with Crippen LogP contribution in [0.15, 0.2) is 54.6 Å². The number of hydrogen-bond donors (Lipinski definition) is 1. The fourth-order valence-corrected chi connectivity index (χ4v) is 4.15. The van der Waals surface area contributed by atoms with Crippen molar-refractivity contribution < 1.29 is 9.53 Å². The maximum atomic E-state index is 13.2. The van der Waals surface area contributed by atoms with Gasteiger partial charge in [0.05, 0.1) is 12.6 Å². The van der Waals surface area contributed by atoms with Gasteiger partial charge in [0, 0.05) is 36.2 Å². The Morgan fingerprint density at radius 2 is 1.76 bits per heavy atom. The molecule has 29 heavy (non-hydrogen) atoms. The highest BCUT2D eigenvalue weighted by molar-refractivity contribution is 6.00. The first-order valence-electron chi connectivity index (χ1n) is 10.4. The number of rotatable bonds is 5. The topological polar surface area (TPSA) is 46.5 Å². The molecule has 5 heteroatoms. The smallest absolute Gasteiger partial charge is 0.268 e.